The van der Waals surface area contributed by atoms with Gasteiger partial charge in [0.15, 0.2) is 0 Å². The van der Waals surface area contributed by atoms with Crippen molar-refractivity contribution < 1.29 is 0 Å². The van der Waals surface area contributed by atoms with Crippen LogP contribution in [0.15, 0.2) is 17.5 Å². The molecule has 2 heteroatoms. The van der Waals surface area contributed by atoms with E-state index in [0.29, 0.717) is 5.41 Å². The van der Waals surface area contributed by atoms with Gasteiger partial charge in [-0.1, -0.05) is 26.8 Å². The highest BCUT2D eigenvalue weighted by Gasteiger charge is 2.08. The van der Waals surface area contributed by atoms with Gasteiger partial charge in [0.25, 0.3) is 0 Å². The van der Waals surface area contributed by atoms with Crippen molar-refractivity contribution in [2.24, 2.45) is 5.41 Å². The lowest BCUT2D eigenvalue weighted by atomic mass is 9.91. The Bertz CT molecular complexity index is 233. The maximum Gasteiger partial charge on any atom is 0.0299 e. The van der Waals surface area contributed by atoms with Crippen LogP contribution in [0, 0.1) is 5.41 Å². The molecule has 1 rings (SSSR count). The summed E-state index contributed by atoms with van der Waals surface area (Å²) in [6.07, 6.45) is 2.57. The largest absolute Gasteiger partial charge is 0.312 e. The zero-order valence-electron chi connectivity index (χ0n) is 9.47. The molecule has 0 spiro atoms. The third kappa shape index (κ3) is 5.40. The zero-order valence-corrected chi connectivity index (χ0v) is 10.3. The first-order valence-electron chi connectivity index (χ1n) is 5.31. The number of hydrogen-bond acceptors (Lipinski definition) is 2. The number of thiophene rings is 1. The fourth-order valence-electron chi connectivity index (χ4n) is 1.37. The summed E-state index contributed by atoms with van der Waals surface area (Å²) in [6.45, 7) is 9.06. The topological polar surface area (TPSA) is 12.0 Å². The molecule has 0 unspecified atom stereocenters. The molecular formula is C12H21NS. The van der Waals surface area contributed by atoms with Crippen molar-refractivity contribution in [1.82, 2.24) is 5.32 Å². The standard InChI is InChI=1S/C12H21NS/c1-12(2,3)7-5-8-13-10-11-6-4-9-14-11/h4,6,9,13H,5,7-8,10H2,1-3H3. The summed E-state index contributed by atoms with van der Waals surface area (Å²) in [7, 11) is 0. The first-order valence-corrected chi connectivity index (χ1v) is 6.19. The molecular weight excluding hydrogens is 190 g/mol. The fraction of sp³-hybridized carbons (Fsp3) is 0.667. The van der Waals surface area contributed by atoms with Crippen LogP contribution in [0.4, 0.5) is 0 Å². The highest BCUT2D eigenvalue weighted by Crippen LogP contribution is 2.19. The maximum atomic E-state index is 3.47. The van der Waals surface area contributed by atoms with E-state index in [1.807, 2.05) is 11.3 Å². The van der Waals surface area contributed by atoms with Crippen molar-refractivity contribution in [3.63, 3.8) is 0 Å². The van der Waals surface area contributed by atoms with E-state index in [-0.39, 0.29) is 0 Å². The summed E-state index contributed by atoms with van der Waals surface area (Å²) < 4.78 is 0. The molecule has 0 atom stereocenters. The Hall–Kier alpha value is -0.340. The highest BCUT2D eigenvalue weighted by atomic mass is 32.1. The van der Waals surface area contributed by atoms with Gasteiger partial charge in [-0.3, -0.25) is 0 Å². The van der Waals surface area contributed by atoms with Gasteiger partial charge in [0.1, 0.15) is 0 Å². The van der Waals surface area contributed by atoms with E-state index in [0.717, 1.165) is 13.1 Å². The SMILES string of the molecule is CC(C)(C)CCCNCc1cccs1. The summed E-state index contributed by atoms with van der Waals surface area (Å²) in [5.74, 6) is 0. The van der Waals surface area contributed by atoms with Gasteiger partial charge in [-0.05, 0) is 36.2 Å². The molecule has 1 N–H and O–H groups in total. The predicted molar refractivity (Wildman–Crippen MR) is 64.7 cm³/mol. The van der Waals surface area contributed by atoms with Crippen LogP contribution in [0.3, 0.4) is 0 Å². The highest BCUT2D eigenvalue weighted by molar-refractivity contribution is 7.09. The molecule has 0 aliphatic carbocycles. The molecule has 0 fully saturated rings. The van der Waals surface area contributed by atoms with Crippen molar-refractivity contribution in [2.75, 3.05) is 6.54 Å². The minimum absolute atomic E-state index is 0.477. The van der Waals surface area contributed by atoms with Crippen LogP contribution in [0.25, 0.3) is 0 Å². The van der Waals surface area contributed by atoms with Crippen LogP contribution < -0.4 is 5.32 Å². The van der Waals surface area contributed by atoms with Gasteiger partial charge < -0.3 is 5.32 Å². The van der Waals surface area contributed by atoms with E-state index < -0.39 is 0 Å². The quantitative estimate of drug-likeness (QED) is 0.733. The summed E-state index contributed by atoms with van der Waals surface area (Å²) in [4.78, 5) is 1.43. The van der Waals surface area contributed by atoms with Crippen molar-refractivity contribution in [1.29, 1.82) is 0 Å². The third-order valence-corrected chi connectivity index (χ3v) is 3.04. The smallest absolute Gasteiger partial charge is 0.0299 e. The molecule has 1 heterocycles. The molecule has 1 nitrogen and oxygen atoms in total. The van der Waals surface area contributed by atoms with E-state index in [2.05, 4.69) is 43.6 Å². The van der Waals surface area contributed by atoms with Gasteiger partial charge in [0.2, 0.25) is 0 Å². The Morgan fingerprint density at radius 1 is 1.36 bits per heavy atom. The number of hydrogen-bond donors (Lipinski definition) is 1. The average Bonchev–Trinajstić information content (AvgIpc) is 2.54. The van der Waals surface area contributed by atoms with Gasteiger partial charge in [-0.2, -0.15) is 0 Å². The number of rotatable bonds is 5. The maximum absolute atomic E-state index is 3.47. The third-order valence-electron chi connectivity index (χ3n) is 2.16. The first kappa shape index (κ1) is 11.7. The zero-order chi connectivity index (χ0) is 10.4. The lowest BCUT2D eigenvalue weighted by molar-refractivity contribution is 0.361. The normalized spacial score (nSPS) is 11.9. The minimum Gasteiger partial charge on any atom is -0.312 e. The lowest BCUT2D eigenvalue weighted by Gasteiger charge is -2.17. The Labute approximate surface area is 91.5 Å². The van der Waals surface area contributed by atoms with Gasteiger partial charge in [-0.25, -0.2) is 0 Å². The van der Waals surface area contributed by atoms with Crippen molar-refractivity contribution in [2.45, 2.75) is 40.2 Å². The lowest BCUT2D eigenvalue weighted by Crippen LogP contribution is -2.16. The molecule has 0 bridgehead atoms. The Morgan fingerprint density at radius 3 is 2.71 bits per heavy atom. The van der Waals surface area contributed by atoms with E-state index in [9.17, 15) is 0 Å². The van der Waals surface area contributed by atoms with E-state index >= 15 is 0 Å². The van der Waals surface area contributed by atoms with Gasteiger partial charge in [-0.15, -0.1) is 11.3 Å². The molecule has 80 valence electrons. The van der Waals surface area contributed by atoms with Crippen molar-refractivity contribution in [3.05, 3.63) is 22.4 Å². The Balaban J connectivity index is 2.00. The van der Waals surface area contributed by atoms with Crippen molar-refractivity contribution in [3.8, 4) is 0 Å². The number of nitrogens with one attached hydrogen (secondary N) is 1. The van der Waals surface area contributed by atoms with E-state index in [4.69, 9.17) is 0 Å². The molecule has 0 saturated heterocycles. The summed E-state index contributed by atoms with van der Waals surface area (Å²) in [6, 6.07) is 4.29. The fourth-order valence-corrected chi connectivity index (χ4v) is 2.04. The average molecular weight is 211 g/mol. The van der Waals surface area contributed by atoms with Crippen LogP contribution in [0.1, 0.15) is 38.5 Å². The molecule has 0 amide bonds. The van der Waals surface area contributed by atoms with Crippen LogP contribution in [0.2, 0.25) is 0 Å². The summed E-state index contributed by atoms with van der Waals surface area (Å²) in [5, 5.41) is 5.60. The second-order valence-corrected chi connectivity index (χ2v) is 5.95. The molecule has 0 aliphatic rings. The predicted octanol–water partition coefficient (Wildman–Crippen LogP) is 3.66. The second kappa shape index (κ2) is 5.52. The second-order valence-electron chi connectivity index (χ2n) is 4.92. The van der Waals surface area contributed by atoms with E-state index in [1.165, 1.54) is 17.7 Å². The van der Waals surface area contributed by atoms with Crippen LogP contribution in [-0.2, 0) is 6.54 Å². The Morgan fingerprint density at radius 2 is 2.14 bits per heavy atom. The molecule has 1 aromatic heterocycles. The monoisotopic (exact) mass is 211 g/mol. The molecule has 0 saturated carbocycles. The van der Waals surface area contributed by atoms with Gasteiger partial charge >= 0.3 is 0 Å². The molecule has 0 aliphatic heterocycles. The van der Waals surface area contributed by atoms with Crippen LogP contribution in [-0.4, -0.2) is 6.54 Å². The minimum atomic E-state index is 0.477. The summed E-state index contributed by atoms with van der Waals surface area (Å²) in [5.41, 5.74) is 0.477. The van der Waals surface area contributed by atoms with Crippen LogP contribution in [0.5, 0.6) is 0 Å². The molecule has 0 aromatic carbocycles. The Kier molecular flexibility index (Phi) is 4.63. The van der Waals surface area contributed by atoms with E-state index in [1.54, 1.807) is 0 Å². The molecule has 0 radical (unpaired) electrons. The van der Waals surface area contributed by atoms with Crippen LogP contribution >= 0.6 is 11.3 Å². The molecule has 1 aromatic rings. The van der Waals surface area contributed by atoms with Gasteiger partial charge in [0, 0.05) is 11.4 Å². The van der Waals surface area contributed by atoms with Crippen molar-refractivity contribution >= 4 is 11.3 Å². The summed E-state index contributed by atoms with van der Waals surface area (Å²) >= 11 is 1.82. The molecule has 14 heavy (non-hydrogen) atoms. The van der Waals surface area contributed by atoms with Gasteiger partial charge in [0.05, 0.1) is 0 Å². The first-order chi connectivity index (χ1) is 6.58.